The van der Waals surface area contributed by atoms with Gasteiger partial charge in [0.2, 0.25) is 5.89 Å². The molecule has 1 atom stereocenters. The molecule has 3 N–H and O–H groups in total. The second-order valence-corrected chi connectivity index (χ2v) is 7.02. The van der Waals surface area contributed by atoms with Gasteiger partial charge in [-0.2, -0.15) is 8.78 Å². The molecule has 0 saturated carbocycles. The number of aliphatic imine (C=N–C) groups is 1. The van der Waals surface area contributed by atoms with Crippen LogP contribution in [0.1, 0.15) is 30.0 Å². The highest BCUT2D eigenvalue weighted by atomic mass is 127. The van der Waals surface area contributed by atoms with E-state index < -0.39 is 12.7 Å². The molecule has 2 aromatic carbocycles. The minimum absolute atomic E-state index is 0. The van der Waals surface area contributed by atoms with Gasteiger partial charge in [-0.25, -0.2) is 9.98 Å². The van der Waals surface area contributed by atoms with Gasteiger partial charge in [0.25, 0.3) is 0 Å². The molecule has 0 bridgehead atoms. The Morgan fingerprint density at radius 2 is 1.82 bits per heavy atom. The minimum Gasteiger partial charge on any atom is -0.439 e. The van der Waals surface area contributed by atoms with Gasteiger partial charge in [0.1, 0.15) is 12.3 Å². The molecule has 33 heavy (non-hydrogen) atoms. The smallest absolute Gasteiger partial charge is 0.387 e. The van der Waals surface area contributed by atoms with Gasteiger partial charge in [-0.05, 0) is 31.5 Å². The molecule has 0 radical (unpaired) electrons. The number of rotatable bonds is 9. The largest absolute Gasteiger partial charge is 0.439 e. The van der Waals surface area contributed by atoms with Crippen LogP contribution in [-0.4, -0.2) is 35.8 Å². The van der Waals surface area contributed by atoms with Gasteiger partial charge >= 0.3 is 6.61 Å². The van der Waals surface area contributed by atoms with Gasteiger partial charge < -0.3 is 24.9 Å². The van der Waals surface area contributed by atoms with Crippen LogP contribution in [0, 0.1) is 6.92 Å². The normalized spacial score (nSPS) is 12.2. The highest BCUT2D eigenvalue weighted by Crippen LogP contribution is 2.21. The summed E-state index contributed by atoms with van der Waals surface area (Å²) in [7, 11) is 0. The molecule has 0 aliphatic heterocycles. The second kappa shape index (κ2) is 13.1. The first-order valence-electron chi connectivity index (χ1n) is 10.2. The number of alkyl halides is 2. The Balaban J connectivity index is 0.00000385. The molecule has 10 heteroatoms. The van der Waals surface area contributed by atoms with Crippen molar-refractivity contribution in [3.8, 4) is 17.1 Å². The number of aromatic nitrogens is 1. The molecule has 0 saturated heterocycles. The van der Waals surface area contributed by atoms with Crippen molar-refractivity contribution in [1.29, 1.82) is 0 Å². The van der Waals surface area contributed by atoms with E-state index in [0.29, 0.717) is 29.7 Å². The number of hydrogen-bond donors (Lipinski definition) is 3. The molecule has 1 aromatic heterocycles. The number of ether oxygens (including phenoxy) is 1. The maximum atomic E-state index is 12.2. The van der Waals surface area contributed by atoms with Crippen LogP contribution in [0.4, 0.5) is 8.78 Å². The molecule has 0 fully saturated rings. The van der Waals surface area contributed by atoms with Crippen LogP contribution in [0.5, 0.6) is 5.75 Å². The molecule has 3 rings (SSSR count). The van der Waals surface area contributed by atoms with Crippen LogP contribution < -0.4 is 15.4 Å². The zero-order chi connectivity index (χ0) is 22.9. The molecule has 1 unspecified atom stereocenters. The SMILES string of the molecule is CCNC(=NCc1ncc(-c2ccc(C)cc2)o1)NCC(O)c1ccc(OC(F)F)cc1.I. The van der Waals surface area contributed by atoms with Gasteiger partial charge in [0.15, 0.2) is 11.7 Å². The number of oxazole rings is 1. The predicted molar refractivity (Wildman–Crippen MR) is 133 cm³/mol. The summed E-state index contributed by atoms with van der Waals surface area (Å²) in [4.78, 5) is 8.72. The summed E-state index contributed by atoms with van der Waals surface area (Å²) in [5.41, 5.74) is 2.67. The molecule has 0 aliphatic rings. The first-order chi connectivity index (χ1) is 15.4. The Bertz CT molecular complexity index is 1010. The van der Waals surface area contributed by atoms with Crippen molar-refractivity contribution in [1.82, 2.24) is 15.6 Å². The molecule has 1 heterocycles. The van der Waals surface area contributed by atoms with E-state index in [-0.39, 0.29) is 42.8 Å². The van der Waals surface area contributed by atoms with Crippen molar-refractivity contribution in [2.75, 3.05) is 13.1 Å². The predicted octanol–water partition coefficient (Wildman–Crippen LogP) is 4.66. The number of nitrogens with one attached hydrogen (secondary N) is 2. The maximum Gasteiger partial charge on any atom is 0.387 e. The molecular weight excluding hydrogens is 545 g/mol. The van der Waals surface area contributed by atoms with E-state index in [1.165, 1.54) is 29.8 Å². The number of guanidine groups is 1. The monoisotopic (exact) mass is 572 g/mol. The van der Waals surface area contributed by atoms with Crippen LogP contribution in [0.25, 0.3) is 11.3 Å². The first-order valence-corrected chi connectivity index (χ1v) is 10.2. The number of aliphatic hydroxyl groups excluding tert-OH is 1. The van der Waals surface area contributed by atoms with E-state index in [1.807, 2.05) is 38.1 Å². The van der Waals surface area contributed by atoms with Crippen LogP contribution in [-0.2, 0) is 6.54 Å². The van der Waals surface area contributed by atoms with Crippen LogP contribution in [0.3, 0.4) is 0 Å². The summed E-state index contributed by atoms with van der Waals surface area (Å²) >= 11 is 0. The Morgan fingerprint density at radius 3 is 2.45 bits per heavy atom. The Hall–Kier alpha value is -2.73. The van der Waals surface area contributed by atoms with Gasteiger partial charge in [0, 0.05) is 18.7 Å². The lowest BCUT2D eigenvalue weighted by atomic mass is 10.1. The third-order valence-corrected chi connectivity index (χ3v) is 4.56. The van der Waals surface area contributed by atoms with Crippen LogP contribution in [0.15, 0.2) is 64.1 Å². The van der Waals surface area contributed by atoms with E-state index in [0.717, 1.165) is 5.56 Å². The van der Waals surface area contributed by atoms with Gasteiger partial charge in [-0.1, -0.05) is 42.0 Å². The molecule has 7 nitrogen and oxygen atoms in total. The van der Waals surface area contributed by atoms with Gasteiger partial charge in [-0.15, -0.1) is 24.0 Å². The molecule has 0 aliphatic carbocycles. The van der Waals surface area contributed by atoms with E-state index >= 15 is 0 Å². The van der Waals surface area contributed by atoms with E-state index in [9.17, 15) is 13.9 Å². The van der Waals surface area contributed by atoms with Crippen molar-refractivity contribution in [3.05, 3.63) is 71.7 Å². The zero-order valence-electron chi connectivity index (χ0n) is 18.3. The summed E-state index contributed by atoms with van der Waals surface area (Å²) in [6.45, 7) is 2.08. The Labute approximate surface area is 208 Å². The zero-order valence-corrected chi connectivity index (χ0v) is 20.6. The summed E-state index contributed by atoms with van der Waals surface area (Å²) in [5.74, 6) is 1.66. The number of aryl methyl sites for hydroxylation is 1. The summed E-state index contributed by atoms with van der Waals surface area (Å²) in [6, 6.07) is 13.8. The number of aliphatic hydroxyl groups is 1. The number of benzene rings is 2. The lowest BCUT2D eigenvalue weighted by Crippen LogP contribution is -2.39. The van der Waals surface area contributed by atoms with Crippen molar-refractivity contribution in [3.63, 3.8) is 0 Å². The second-order valence-electron chi connectivity index (χ2n) is 7.02. The summed E-state index contributed by atoms with van der Waals surface area (Å²) in [6.07, 6.45) is 0.801. The van der Waals surface area contributed by atoms with Crippen molar-refractivity contribution in [2.24, 2.45) is 4.99 Å². The first kappa shape index (κ1) is 26.5. The quantitative estimate of drug-likeness (QED) is 0.196. The summed E-state index contributed by atoms with van der Waals surface area (Å²) in [5, 5.41) is 16.5. The summed E-state index contributed by atoms with van der Waals surface area (Å²) < 4.78 is 34.6. The highest BCUT2D eigenvalue weighted by molar-refractivity contribution is 14.0. The minimum atomic E-state index is -2.89. The molecule has 3 aromatic rings. The Kier molecular flexibility index (Phi) is 10.5. The number of halogens is 3. The molecule has 178 valence electrons. The Morgan fingerprint density at radius 1 is 1.12 bits per heavy atom. The number of nitrogens with zero attached hydrogens (tertiary/aromatic N) is 2. The van der Waals surface area contributed by atoms with E-state index in [2.05, 4.69) is 25.3 Å². The van der Waals surface area contributed by atoms with E-state index in [4.69, 9.17) is 4.42 Å². The average Bonchev–Trinajstić information content (AvgIpc) is 3.25. The molecule has 0 amide bonds. The fourth-order valence-corrected chi connectivity index (χ4v) is 2.91. The third-order valence-electron chi connectivity index (χ3n) is 4.56. The fourth-order valence-electron chi connectivity index (χ4n) is 2.91. The average molecular weight is 572 g/mol. The van der Waals surface area contributed by atoms with Crippen LogP contribution in [0.2, 0.25) is 0 Å². The van der Waals surface area contributed by atoms with Crippen LogP contribution >= 0.6 is 24.0 Å². The third kappa shape index (κ3) is 8.28. The van der Waals surface area contributed by atoms with E-state index in [1.54, 1.807) is 6.20 Å². The molecular formula is C23H27F2IN4O3. The fraction of sp³-hybridized carbons (Fsp3) is 0.304. The maximum absolute atomic E-state index is 12.2. The van der Waals surface area contributed by atoms with Crippen molar-refractivity contribution >= 4 is 29.9 Å². The topological polar surface area (TPSA) is 91.9 Å². The lowest BCUT2D eigenvalue weighted by molar-refractivity contribution is -0.0498. The lowest BCUT2D eigenvalue weighted by Gasteiger charge is -2.15. The van der Waals surface area contributed by atoms with Crippen molar-refractivity contribution < 1.29 is 23.0 Å². The standard InChI is InChI=1S/C23H26F2N4O3.HI/c1-3-26-23(28-12-19(30)16-8-10-18(11-9-16)31-22(24)25)29-14-21-27-13-20(32-21)17-6-4-15(2)5-7-17;/h4-11,13,19,22,30H,3,12,14H2,1-2H3,(H2,26,28,29);1H. The van der Waals surface area contributed by atoms with Gasteiger partial charge in [0.05, 0.1) is 12.3 Å². The molecule has 0 spiro atoms. The van der Waals surface area contributed by atoms with Gasteiger partial charge in [-0.3, -0.25) is 0 Å². The van der Waals surface area contributed by atoms with Crippen molar-refractivity contribution in [2.45, 2.75) is 33.1 Å². The number of hydrogen-bond acceptors (Lipinski definition) is 5. The highest BCUT2D eigenvalue weighted by Gasteiger charge is 2.11.